The zero-order valence-electron chi connectivity index (χ0n) is 15.6. The van der Waals surface area contributed by atoms with Gasteiger partial charge in [-0.25, -0.2) is 5.01 Å². The Kier molecular flexibility index (Phi) is 3.86. The van der Waals surface area contributed by atoms with Crippen LogP contribution in [0.25, 0.3) is 0 Å². The largest absolute Gasteiger partial charge is 0.508 e. The highest BCUT2D eigenvalue weighted by atomic mass is 16.5. The standard InChI is InChI=1S/C22H25N3O2/c1-2-24-13-11-22(12-14-24)25-20(18-5-3-4-6-21(18)27-22)15-19(23-25)16-7-9-17(26)10-8-16/h3-10,20,26H,2,11-15H2,1H3. The molecule has 0 amide bonds. The van der Waals surface area contributed by atoms with Gasteiger partial charge in [-0.05, 0) is 42.4 Å². The number of fused-ring (bicyclic) bond motifs is 4. The molecule has 2 aromatic carbocycles. The highest BCUT2D eigenvalue weighted by molar-refractivity contribution is 6.02. The number of nitrogens with zero attached hydrogens (tertiary/aromatic N) is 3. The van der Waals surface area contributed by atoms with Gasteiger partial charge in [0.15, 0.2) is 0 Å². The average molecular weight is 363 g/mol. The summed E-state index contributed by atoms with van der Waals surface area (Å²) in [5.41, 5.74) is 3.00. The van der Waals surface area contributed by atoms with Crippen LogP contribution in [-0.4, -0.2) is 46.1 Å². The summed E-state index contributed by atoms with van der Waals surface area (Å²) in [6, 6.07) is 16.0. The summed E-state index contributed by atoms with van der Waals surface area (Å²) in [5.74, 6) is 1.29. The Morgan fingerprint density at radius 1 is 1.11 bits per heavy atom. The second-order valence-corrected chi connectivity index (χ2v) is 7.68. The molecule has 3 aliphatic heterocycles. The minimum absolute atomic E-state index is 0.215. The van der Waals surface area contributed by atoms with Crippen LogP contribution in [0.3, 0.4) is 0 Å². The summed E-state index contributed by atoms with van der Waals surface area (Å²) >= 11 is 0. The fourth-order valence-corrected chi connectivity index (χ4v) is 4.61. The maximum absolute atomic E-state index is 9.61. The number of rotatable bonds is 2. The summed E-state index contributed by atoms with van der Waals surface area (Å²) < 4.78 is 6.62. The normalized spacial score (nSPS) is 23.5. The first-order valence-electron chi connectivity index (χ1n) is 9.85. The summed E-state index contributed by atoms with van der Waals surface area (Å²) in [6.45, 7) is 5.37. The van der Waals surface area contributed by atoms with E-state index in [1.807, 2.05) is 12.1 Å². The Morgan fingerprint density at radius 3 is 2.59 bits per heavy atom. The van der Waals surface area contributed by atoms with Crippen LogP contribution in [0.5, 0.6) is 11.5 Å². The van der Waals surface area contributed by atoms with Gasteiger partial charge in [0.05, 0.1) is 11.8 Å². The first-order chi connectivity index (χ1) is 13.2. The van der Waals surface area contributed by atoms with Crippen molar-refractivity contribution in [3.63, 3.8) is 0 Å². The molecule has 1 fully saturated rings. The van der Waals surface area contributed by atoms with E-state index in [1.54, 1.807) is 12.1 Å². The smallest absolute Gasteiger partial charge is 0.200 e. The highest BCUT2D eigenvalue weighted by Gasteiger charge is 2.51. The first-order valence-corrected chi connectivity index (χ1v) is 9.85. The van der Waals surface area contributed by atoms with Crippen LogP contribution in [0.1, 0.15) is 43.4 Å². The molecule has 3 aliphatic rings. The number of phenols is 1. The summed E-state index contributed by atoms with van der Waals surface area (Å²) in [5, 5.41) is 16.9. The van der Waals surface area contributed by atoms with Gasteiger partial charge in [0.25, 0.3) is 0 Å². The molecule has 27 heavy (non-hydrogen) atoms. The molecule has 5 rings (SSSR count). The molecular weight excluding hydrogens is 338 g/mol. The Morgan fingerprint density at radius 2 is 1.85 bits per heavy atom. The summed E-state index contributed by atoms with van der Waals surface area (Å²) in [6.07, 6.45) is 2.78. The lowest BCUT2D eigenvalue weighted by molar-refractivity contribution is -0.149. The van der Waals surface area contributed by atoms with Gasteiger partial charge < -0.3 is 14.7 Å². The zero-order valence-corrected chi connectivity index (χ0v) is 15.6. The maximum atomic E-state index is 9.61. The van der Waals surface area contributed by atoms with Crippen LogP contribution < -0.4 is 4.74 Å². The van der Waals surface area contributed by atoms with Gasteiger partial charge in [-0.1, -0.05) is 25.1 Å². The number of ether oxygens (including phenoxy) is 1. The number of hydrazone groups is 1. The van der Waals surface area contributed by atoms with E-state index in [0.717, 1.165) is 55.9 Å². The lowest BCUT2D eigenvalue weighted by Crippen LogP contribution is -2.59. The Labute approximate surface area is 159 Å². The number of aromatic hydroxyl groups is 1. The first kappa shape index (κ1) is 16.6. The van der Waals surface area contributed by atoms with E-state index in [-0.39, 0.29) is 17.5 Å². The molecule has 3 heterocycles. The number of benzene rings is 2. The van der Waals surface area contributed by atoms with Crippen molar-refractivity contribution >= 4 is 5.71 Å². The molecule has 1 unspecified atom stereocenters. The number of hydrogen-bond acceptors (Lipinski definition) is 5. The van der Waals surface area contributed by atoms with Crippen molar-refractivity contribution in [2.75, 3.05) is 19.6 Å². The molecule has 0 aromatic heterocycles. The van der Waals surface area contributed by atoms with Crippen molar-refractivity contribution in [3.8, 4) is 11.5 Å². The van der Waals surface area contributed by atoms with Crippen molar-refractivity contribution in [2.24, 2.45) is 5.10 Å². The summed E-state index contributed by atoms with van der Waals surface area (Å²) in [4.78, 5) is 2.48. The Balaban J connectivity index is 1.54. The van der Waals surface area contributed by atoms with Crippen LogP contribution in [-0.2, 0) is 0 Å². The van der Waals surface area contributed by atoms with E-state index < -0.39 is 0 Å². The Bertz CT molecular complexity index is 869. The second kappa shape index (κ2) is 6.27. The zero-order chi connectivity index (χ0) is 18.4. The molecule has 1 saturated heterocycles. The van der Waals surface area contributed by atoms with Crippen LogP contribution in [0.4, 0.5) is 0 Å². The molecule has 0 bridgehead atoms. The summed E-state index contributed by atoms with van der Waals surface area (Å²) in [7, 11) is 0. The van der Waals surface area contributed by atoms with E-state index in [4.69, 9.17) is 9.84 Å². The second-order valence-electron chi connectivity index (χ2n) is 7.68. The number of piperidine rings is 1. The molecule has 5 heteroatoms. The van der Waals surface area contributed by atoms with Gasteiger partial charge >= 0.3 is 0 Å². The third-order valence-corrected chi connectivity index (χ3v) is 6.19. The van der Waals surface area contributed by atoms with Crippen molar-refractivity contribution in [3.05, 3.63) is 59.7 Å². The van der Waals surface area contributed by atoms with E-state index in [0.29, 0.717) is 0 Å². The third kappa shape index (κ3) is 2.69. The lowest BCUT2D eigenvalue weighted by atomic mass is 9.91. The monoisotopic (exact) mass is 363 g/mol. The van der Waals surface area contributed by atoms with Gasteiger partial charge in [0.1, 0.15) is 11.5 Å². The third-order valence-electron chi connectivity index (χ3n) is 6.19. The van der Waals surface area contributed by atoms with Crippen LogP contribution in [0.2, 0.25) is 0 Å². The van der Waals surface area contributed by atoms with Gasteiger partial charge in [0, 0.05) is 37.9 Å². The maximum Gasteiger partial charge on any atom is 0.200 e. The predicted molar refractivity (Wildman–Crippen MR) is 105 cm³/mol. The minimum atomic E-state index is -0.358. The molecule has 5 nitrogen and oxygen atoms in total. The number of phenolic OH excluding ortho intramolecular Hbond substituents is 1. The van der Waals surface area contributed by atoms with Crippen LogP contribution >= 0.6 is 0 Å². The predicted octanol–water partition coefficient (Wildman–Crippen LogP) is 3.75. The molecule has 0 radical (unpaired) electrons. The fourth-order valence-electron chi connectivity index (χ4n) is 4.61. The minimum Gasteiger partial charge on any atom is -0.508 e. The van der Waals surface area contributed by atoms with Gasteiger partial charge in [-0.3, -0.25) is 0 Å². The van der Waals surface area contributed by atoms with E-state index >= 15 is 0 Å². The van der Waals surface area contributed by atoms with E-state index in [9.17, 15) is 5.11 Å². The Hall–Kier alpha value is -2.53. The molecule has 0 aliphatic carbocycles. The molecule has 1 N–H and O–H groups in total. The van der Waals surface area contributed by atoms with Gasteiger partial charge in [-0.15, -0.1) is 0 Å². The van der Waals surface area contributed by atoms with Crippen molar-refractivity contribution in [1.29, 1.82) is 0 Å². The lowest BCUT2D eigenvalue weighted by Gasteiger charge is -2.51. The molecule has 1 atom stereocenters. The highest BCUT2D eigenvalue weighted by Crippen LogP contribution is 2.49. The fraction of sp³-hybridized carbons (Fsp3) is 0.409. The van der Waals surface area contributed by atoms with Crippen LogP contribution in [0.15, 0.2) is 53.6 Å². The average Bonchev–Trinajstić information content (AvgIpc) is 3.16. The molecule has 0 saturated carbocycles. The number of para-hydroxylation sites is 1. The topological polar surface area (TPSA) is 48.3 Å². The molecule has 140 valence electrons. The van der Waals surface area contributed by atoms with E-state index in [1.165, 1.54) is 5.56 Å². The van der Waals surface area contributed by atoms with Crippen LogP contribution in [0, 0.1) is 0 Å². The van der Waals surface area contributed by atoms with Gasteiger partial charge in [0.2, 0.25) is 5.72 Å². The van der Waals surface area contributed by atoms with Crippen molar-refractivity contribution in [2.45, 2.75) is 38.0 Å². The quantitative estimate of drug-likeness (QED) is 0.883. The van der Waals surface area contributed by atoms with E-state index in [2.05, 4.69) is 41.1 Å². The van der Waals surface area contributed by atoms with Crippen molar-refractivity contribution in [1.82, 2.24) is 9.91 Å². The van der Waals surface area contributed by atoms with Gasteiger partial charge in [-0.2, -0.15) is 5.10 Å². The molecule has 1 spiro atoms. The van der Waals surface area contributed by atoms with Crippen molar-refractivity contribution < 1.29 is 9.84 Å². The molecular formula is C22H25N3O2. The number of hydrogen-bond donors (Lipinski definition) is 1. The molecule has 2 aromatic rings. The SMILES string of the molecule is CCN1CCC2(CC1)Oc1ccccc1C1CC(c3ccc(O)cc3)=NN12. The number of likely N-dealkylation sites (tertiary alicyclic amines) is 1.